The lowest BCUT2D eigenvalue weighted by Crippen LogP contribution is -2.11. The lowest BCUT2D eigenvalue weighted by molar-refractivity contribution is -0.139. The van der Waals surface area contributed by atoms with E-state index >= 15 is 0 Å². The Balaban J connectivity index is 4.28. The molecule has 0 fully saturated rings. The Morgan fingerprint density at radius 2 is 2.00 bits per heavy atom. The molecular weight excluding hydrogens is 196 g/mol. The van der Waals surface area contributed by atoms with Crippen LogP contribution < -0.4 is 0 Å². The number of carboxylic acid groups (broad SMARTS) is 1. The van der Waals surface area contributed by atoms with Gasteiger partial charge in [0.25, 0.3) is 0 Å². The van der Waals surface area contributed by atoms with Crippen molar-refractivity contribution in [3.05, 3.63) is 23.8 Å². The Hall–Kier alpha value is -1.58. The zero-order valence-electron chi connectivity index (χ0n) is 9.24. The van der Waals surface area contributed by atoms with E-state index in [1.54, 1.807) is 0 Å². The fourth-order valence-corrected chi connectivity index (χ4v) is 0.717. The number of hydrogen-bond donors (Lipinski definition) is 1. The first-order chi connectivity index (χ1) is 6.84. The highest BCUT2D eigenvalue weighted by Gasteiger charge is 2.09. The first-order valence-corrected chi connectivity index (χ1v) is 4.62. The normalized spacial score (nSPS) is 11.3. The van der Waals surface area contributed by atoms with Crippen molar-refractivity contribution in [2.24, 2.45) is 5.92 Å². The molecule has 4 nitrogen and oxygen atoms in total. The smallest absolute Gasteiger partial charge is 0.337 e. The molecule has 0 rings (SSSR count). The SMILES string of the molecule is C=C(/C=C(\C)C(=O)O)C(=O)OCC(C)C. The fourth-order valence-electron chi connectivity index (χ4n) is 0.717. The summed E-state index contributed by atoms with van der Waals surface area (Å²) in [7, 11) is 0. The van der Waals surface area contributed by atoms with E-state index in [-0.39, 0.29) is 17.1 Å². The third kappa shape index (κ3) is 5.67. The summed E-state index contributed by atoms with van der Waals surface area (Å²) in [5.41, 5.74) is 0.108. The molecule has 0 amide bonds. The van der Waals surface area contributed by atoms with E-state index in [1.807, 2.05) is 13.8 Å². The van der Waals surface area contributed by atoms with Gasteiger partial charge in [-0.3, -0.25) is 0 Å². The number of hydrogen-bond acceptors (Lipinski definition) is 3. The van der Waals surface area contributed by atoms with Crippen LogP contribution in [0.15, 0.2) is 23.8 Å². The van der Waals surface area contributed by atoms with Crippen LogP contribution in [0.2, 0.25) is 0 Å². The summed E-state index contributed by atoms with van der Waals surface area (Å²) < 4.78 is 4.87. The zero-order chi connectivity index (χ0) is 12.0. The van der Waals surface area contributed by atoms with Crippen LogP contribution in [0.3, 0.4) is 0 Å². The maximum Gasteiger partial charge on any atom is 0.337 e. The average Bonchev–Trinajstić information content (AvgIpc) is 2.13. The van der Waals surface area contributed by atoms with Crippen LogP contribution in [-0.4, -0.2) is 23.7 Å². The molecule has 0 heterocycles. The van der Waals surface area contributed by atoms with Crippen LogP contribution in [0, 0.1) is 5.92 Å². The van der Waals surface area contributed by atoms with Crippen molar-refractivity contribution < 1.29 is 19.4 Å². The second-order valence-electron chi connectivity index (χ2n) is 3.65. The van der Waals surface area contributed by atoms with Gasteiger partial charge in [-0.15, -0.1) is 0 Å². The molecule has 0 atom stereocenters. The summed E-state index contributed by atoms with van der Waals surface area (Å²) in [5.74, 6) is -1.41. The van der Waals surface area contributed by atoms with Crippen molar-refractivity contribution in [1.29, 1.82) is 0 Å². The quantitative estimate of drug-likeness (QED) is 0.428. The van der Waals surface area contributed by atoms with Crippen molar-refractivity contribution >= 4 is 11.9 Å². The van der Waals surface area contributed by atoms with Gasteiger partial charge in [0.05, 0.1) is 12.2 Å². The lowest BCUT2D eigenvalue weighted by Gasteiger charge is -2.06. The van der Waals surface area contributed by atoms with Crippen LogP contribution in [0.4, 0.5) is 0 Å². The number of rotatable bonds is 5. The van der Waals surface area contributed by atoms with E-state index in [1.165, 1.54) is 13.0 Å². The minimum Gasteiger partial charge on any atom is -0.478 e. The maximum absolute atomic E-state index is 11.2. The number of aliphatic carboxylic acids is 1. The first kappa shape index (κ1) is 13.4. The third-order valence-corrected chi connectivity index (χ3v) is 1.54. The van der Waals surface area contributed by atoms with E-state index in [2.05, 4.69) is 6.58 Å². The lowest BCUT2D eigenvalue weighted by atomic mass is 10.2. The highest BCUT2D eigenvalue weighted by Crippen LogP contribution is 2.04. The van der Waals surface area contributed by atoms with Gasteiger partial charge < -0.3 is 9.84 Å². The van der Waals surface area contributed by atoms with E-state index in [0.717, 1.165) is 0 Å². The monoisotopic (exact) mass is 212 g/mol. The van der Waals surface area contributed by atoms with Crippen LogP contribution in [0.1, 0.15) is 20.8 Å². The first-order valence-electron chi connectivity index (χ1n) is 4.62. The van der Waals surface area contributed by atoms with E-state index < -0.39 is 11.9 Å². The Morgan fingerprint density at radius 3 is 2.40 bits per heavy atom. The average molecular weight is 212 g/mol. The summed E-state index contributed by atoms with van der Waals surface area (Å²) in [4.78, 5) is 21.7. The highest BCUT2D eigenvalue weighted by molar-refractivity contribution is 5.94. The van der Waals surface area contributed by atoms with Crippen LogP contribution in [0.25, 0.3) is 0 Å². The van der Waals surface area contributed by atoms with Gasteiger partial charge in [-0.1, -0.05) is 20.4 Å². The Morgan fingerprint density at radius 1 is 1.47 bits per heavy atom. The van der Waals surface area contributed by atoms with Gasteiger partial charge in [0, 0.05) is 5.57 Å². The minimum atomic E-state index is -1.08. The number of ether oxygens (including phenoxy) is 1. The molecule has 84 valence electrons. The number of carboxylic acids is 1. The number of carbonyl (C=O) groups is 2. The maximum atomic E-state index is 11.2. The van der Waals surface area contributed by atoms with Gasteiger partial charge in [-0.25, -0.2) is 9.59 Å². The molecule has 0 bridgehead atoms. The third-order valence-electron chi connectivity index (χ3n) is 1.54. The summed E-state index contributed by atoms with van der Waals surface area (Å²) >= 11 is 0. The molecule has 4 heteroatoms. The van der Waals surface area contributed by atoms with Crippen LogP contribution >= 0.6 is 0 Å². The molecule has 0 aliphatic rings. The van der Waals surface area contributed by atoms with Gasteiger partial charge in [-0.05, 0) is 18.9 Å². The van der Waals surface area contributed by atoms with Crippen molar-refractivity contribution in [3.63, 3.8) is 0 Å². The largest absolute Gasteiger partial charge is 0.478 e. The predicted molar refractivity (Wildman–Crippen MR) is 56.3 cm³/mol. The van der Waals surface area contributed by atoms with Crippen molar-refractivity contribution in [1.82, 2.24) is 0 Å². The van der Waals surface area contributed by atoms with Gasteiger partial charge >= 0.3 is 11.9 Å². The number of esters is 1. The minimum absolute atomic E-state index is 0.0514. The standard InChI is InChI=1S/C11H16O4/c1-7(2)6-15-11(14)9(4)5-8(3)10(12)13/h5,7H,4,6H2,1-3H3,(H,12,13)/b8-5+. The topological polar surface area (TPSA) is 63.6 Å². The molecule has 0 aromatic carbocycles. The number of carbonyl (C=O) groups excluding carboxylic acids is 1. The van der Waals surface area contributed by atoms with E-state index in [4.69, 9.17) is 9.84 Å². The van der Waals surface area contributed by atoms with Gasteiger partial charge in [0.2, 0.25) is 0 Å². The predicted octanol–water partition coefficient (Wildman–Crippen LogP) is 1.77. The van der Waals surface area contributed by atoms with Crippen molar-refractivity contribution in [3.8, 4) is 0 Å². The van der Waals surface area contributed by atoms with E-state index in [9.17, 15) is 9.59 Å². The summed E-state index contributed by atoms with van der Waals surface area (Å²) in [6, 6.07) is 0. The molecule has 0 aromatic heterocycles. The van der Waals surface area contributed by atoms with Gasteiger partial charge in [0.1, 0.15) is 0 Å². The molecule has 1 N–H and O–H groups in total. The molecule has 0 aromatic rings. The molecule has 0 spiro atoms. The fraction of sp³-hybridized carbons (Fsp3) is 0.455. The molecule has 0 saturated carbocycles. The Bertz CT molecular complexity index is 300. The molecule has 0 saturated heterocycles. The zero-order valence-corrected chi connectivity index (χ0v) is 9.24. The van der Waals surface area contributed by atoms with E-state index in [0.29, 0.717) is 6.61 Å². The Labute approximate surface area is 89.2 Å². The highest BCUT2D eigenvalue weighted by atomic mass is 16.5. The molecule has 0 aliphatic carbocycles. The summed E-state index contributed by atoms with van der Waals surface area (Å²) in [6.07, 6.45) is 1.20. The molecule has 0 aliphatic heterocycles. The van der Waals surface area contributed by atoms with Crippen molar-refractivity contribution in [2.45, 2.75) is 20.8 Å². The van der Waals surface area contributed by atoms with Gasteiger partial charge in [-0.2, -0.15) is 0 Å². The molecule has 0 unspecified atom stereocenters. The summed E-state index contributed by atoms with van der Waals surface area (Å²) in [5, 5.41) is 8.57. The van der Waals surface area contributed by atoms with Crippen molar-refractivity contribution in [2.75, 3.05) is 6.61 Å². The molecule has 0 radical (unpaired) electrons. The molecule has 15 heavy (non-hydrogen) atoms. The summed E-state index contributed by atoms with van der Waals surface area (Å²) in [6.45, 7) is 8.96. The Kier molecular flexibility index (Phi) is 5.37. The van der Waals surface area contributed by atoms with Crippen LogP contribution in [0.5, 0.6) is 0 Å². The van der Waals surface area contributed by atoms with Crippen LogP contribution in [-0.2, 0) is 14.3 Å². The molecular formula is C11H16O4. The van der Waals surface area contributed by atoms with Gasteiger partial charge in [0.15, 0.2) is 0 Å². The second-order valence-corrected chi connectivity index (χ2v) is 3.65. The second kappa shape index (κ2) is 6.01.